The van der Waals surface area contributed by atoms with E-state index < -0.39 is 63.7 Å². The summed E-state index contributed by atoms with van der Waals surface area (Å²) in [4.78, 5) is 20.4. The van der Waals surface area contributed by atoms with Crippen LogP contribution in [-0.2, 0) is 36.7 Å². The second-order valence-corrected chi connectivity index (χ2v) is 15.6. The largest absolute Gasteiger partial charge is 0.390 e. The number of aliphatic hydroxyl groups excluding tert-OH is 2. The van der Waals surface area contributed by atoms with Gasteiger partial charge in [0.15, 0.2) is 17.7 Å². The first-order chi connectivity index (χ1) is 21.3. The summed E-state index contributed by atoms with van der Waals surface area (Å²) in [6.45, 7) is -9.07. The van der Waals surface area contributed by atoms with E-state index in [1.54, 1.807) is 10.6 Å². The van der Waals surface area contributed by atoms with Gasteiger partial charge < -0.3 is 40.2 Å². The van der Waals surface area contributed by atoms with Gasteiger partial charge in [0.25, 0.3) is 0 Å². The van der Waals surface area contributed by atoms with Crippen molar-refractivity contribution in [1.29, 1.82) is 0 Å². The normalized spacial score (nSPS) is 23.6. The molecule has 4 aromatic rings. The van der Waals surface area contributed by atoms with Gasteiger partial charge in [0, 0.05) is 26.8 Å². The molecule has 2 unspecified atom stereocenters. The second kappa shape index (κ2) is 13.8. The number of aromatic nitrogens is 7. The highest BCUT2D eigenvalue weighted by Crippen LogP contribution is 2.57. The fraction of sp³-hybridized carbons (Fsp3) is 0.500. The van der Waals surface area contributed by atoms with Crippen LogP contribution in [0.1, 0.15) is 18.9 Å². The zero-order chi connectivity index (χ0) is 32.5. The Bertz CT molecular complexity index is 1750. The molecule has 0 bridgehead atoms. The van der Waals surface area contributed by atoms with E-state index in [0.717, 1.165) is 7.11 Å². The lowest BCUT2D eigenvalue weighted by molar-refractivity contribution is -0.105. The van der Waals surface area contributed by atoms with Crippen molar-refractivity contribution in [2.24, 2.45) is 0 Å². The smallest absolute Gasteiger partial charge is 0.386 e. The van der Waals surface area contributed by atoms with Crippen molar-refractivity contribution in [3.8, 4) is 0 Å². The van der Waals surface area contributed by atoms with Crippen LogP contribution >= 0.6 is 38.1 Å². The molecule has 1 fully saturated rings. The highest BCUT2D eigenvalue weighted by molar-refractivity contribution is 8.44. The lowest BCUT2D eigenvalue weighted by atomic mass is 10.2. The fourth-order valence-electron chi connectivity index (χ4n) is 4.66. The Kier molecular flexibility index (Phi) is 10.4. The van der Waals surface area contributed by atoms with Gasteiger partial charge in [-0.15, -0.1) is 0 Å². The third-order valence-corrected chi connectivity index (χ3v) is 10.4. The zero-order valence-corrected chi connectivity index (χ0v) is 27.3. The number of fused-ring (bicyclic) bond motifs is 2. The monoisotopic (exact) mass is 707 g/mol. The van der Waals surface area contributed by atoms with Crippen molar-refractivity contribution >= 4 is 71.9 Å². The number of hydrogen-bond donors (Lipinski definition) is 6. The molecule has 4 aromatic heterocycles. The van der Waals surface area contributed by atoms with Gasteiger partial charge in [-0.3, -0.25) is 18.1 Å². The van der Waals surface area contributed by atoms with Crippen LogP contribution in [0.4, 0.5) is 11.6 Å². The van der Waals surface area contributed by atoms with Crippen LogP contribution in [0.2, 0.25) is 0 Å². The molecular formula is C22H31N9O10P2S2. The zero-order valence-electron chi connectivity index (χ0n) is 23.7. The summed E-state index contributed by atoms with van der Waals surface area (Å²) in [6, 6.07) is 1.56. The van der Waals surface area contributed by atoms with Crippen LogP contribution in [-0.4, -0.2) is 96.1 Å². The number of methoxy groups -OCH3 is 1. The molecule has 0 aliphatic carbocycles. The van der Waals surface area contributed by atoms with Crippen molar-refractivity contribution in [1.82, 2.24) is 34.1 Å². The predicted molar refractivity (Wildman–Crippen MR) is 165 cm³/mol. The summed E-state index contributed by atoms with van der Waals surface area (Å²) in [5, 5.41) is 22.6. The van der Waals surface area contributed by atoms with E-state index in [2.05, 4.69) is 49.4 Å². The van der Waals surface area contributed by atoms with E-state index >= 15 is 0 Å². The predicted octanol–water partition coefficient (Wildman–Crippen LogP) is 1.73. The van der Waals surface area contributed by atoms with Crippen LogP contribution < -0.4 is 11.5 Å². The maximum Gasteiger partial charge on any atom is 0.386 e. The molecule has 5 rings (SSSR count). The Hall–Kier alpha value is -2.39. The maximum absolute atomic E-state index is 13.6. The van der Waals surface area contributed by atoms with Crippen LogP contribution in [0.25, 0.3) is 22.2 Å². The number of ether oxygens (including phenoxy) is 2. The molecule has 23 heteroatoms. The van der Waals surface area contributed by atoms with Gasteiger partial charge in [-0.2, -0.15) is 0 Å². The molecule has 5 heterocycles. The minimum atomic E-state index is -4.36. The van der Waals surface area contributed by atoms with Crippen LogP contribution in [0, 0.1) is 0 Å². The van der Waals surface area contributed by atoms with E-state index in [1.165, 1.54) is 36.9 Å². The summed E-state index contributed by atoms with van der Waals surface area (Å²) < 4.78 is 61.3. The highest BCUT2D eigenvalue weighted by atomic mass is 32.7. The average Bonchev–Trinajstić information content (AvgIpc) is 3.73. The van der Waals surface area contributed by atoms with E-state index in [9.17, 15) is 19.3 Å². The van der Waals surface area contributed by atoms with Gasteiger partial charge in [-0.05, 0) is 6.07 Å². The van der Waals surface area contributed by atoms with Crippen molar-refractivity contribution in [3.63, 3.8) is 0 Å². The third-order valence-electron chi connectivity index (χ3n) is 6.98. The summed E-state index contributed by atoms with van der Waals surface area (Å²) in [5.74, 6) is 0.340. The Morgan fingerprint density at radius 3 is 2.49 bits per heavy atom. The SMILES string of the molecule is CO[C@H](COP(=O)(S)OC)[C@@H](OP(=O)(S)OC[C@H]1O[C@@H](n2cnc3c(N)ncnc32)C[C@@H]1O)[C@@H](O)n1ccc2c(N)ncnc21. The van der Waals surface area contributed by atoms with Gasteiger partial charge in [-0.25, -0.2) is 34.0 Å². The third kappa shape index (κ3) is 7.45. The molecule has 0 radical (unpaired) electrons. The number of nitrogens with zero attached hydrogens (tertiary/aromatic N) is 7. The van der Waals surface area contributed by atoms with Gasteiger partial charge in [0.05, 0.1) is 31.0 Å². The Morgan fingerprint density at radius 1 is 1.07 bits per heavy atom. The lowest BCUT2D eigenvalue weighted by Crippen LogP contribution is -2.40. The summed E-state index contributed by atoms with van der Waals surface area (Å²) >= 11 is 7.94. The van der Waals surface area contributed by atoms with E-state index in [0.29, 0.717) is 16.6 Å². The Morgan fingerprint density at radius 2 is 1.78 bits per heavy atom. The first-order valence-electron chi connectivity index (χ1n) is 13.1. The van der Waals surface area contributed by atoms with Gasteiger partial charge >= 0.3 is 13.6 Å². The van der Waals surface area contributed by atoms with Gasteiger partial charge in [-0.1, -0.05) is 24.5 Å². The van der Waals surface area contributed by atoms with Crippen molar-refractivity contribution in [3.05, 3.63) is 31.2 Å². The molecule has 0 aromatic carbocycles. The van der Waals surface area contributed by atoms with Crippen LogP contribution in [0.5, 0.6) is 0 Å². The van der Waals surface area contributed by atoms with Crippen molar-refractivity contribution < 1.29 is 46.9 Å². The van der Waals surface area contributed by atoms with Crippen molar-refractivity contribution in [2.75, 3.05) is 38.9 Å². The molecule has 246 valence electrons. The first kappa shape index (κ1) is 34.0. The molecule has 1 aliphatic heterocycles. The average molecular weight is 708 g/mol. The van der Waals surface area contributed by atoms with Crippen molar-refractivity contribution in [2.45, 2.75) is 43.3 Å². The minimum absolute atomic E-state index is 0.126. The quantitative estimate of drug-likeness (QED) is 0.0805. The first-order valence-corrected chi connectivity index (χ1v) is 18.5. The Labute approximate surface area is 265 Å². The minimum Gasteiger partial charge on any atom is -0.390 e. The summed E-state index contributed by atoms with van der Waals surface area (Å²) in [6.07, 6.45) is -1.63. The number of rotatable bonds is 14. The molecule has 45 heavy (non-hydrogen) atoms. The molecule has 1 saturated heterocycles. The summed E-state index contributed by atoms with van der Waals surface area (Å²) in [5.41, 5.74) is 12.8. The molecule has 19 nitrogen and oxygen atoms in total. The molecule has 0 amide bonds. The van der Waals surface area contributed by atoms with Gasteiger partial charge in [0.1, 0.15) is 54.2 Å². The lowest BCUT2D eigenvalue weighted by Gasteiger charge is -2.32. The van der Waals surface area contributed by atoms with Gasteiger partial charge in [0.2, 0.25) is 0 Å². The second-order valence-electron chi connectivity index (χ2n) is 9.70. The summed E-state index contributed by atoms with van der Waals surface area (Å²) in [7, 11) is 2.39. The van der Waals surface area contributed by atoms with E-state index in [4.69, 9.17) is 39.0 Å². The molecule has 0 saturated carbocycles. The molecule has 1 aliphatic rings. The standard InChI is InChI=1S/C22H31N9O10P2S2/c1-36-14(7-38-42(34,44)37-2)17(22(33)30-4-3-11-18(23)25-8-27-20(11)30)41-43(35,45)39-6-13-12(32)5-15(40-13)31-10-29-16-19(24)26-9-28-21(16)31/h3-4,8-10,12-15,17,22,32-33H,5-7H2,1-2H3,(H,34,44)(H,35,45)(H2,23,25,27)(H2,24,26,28)/t12-,13+,14+,15+,17+,22+,42?,43?/m0/s1. The molecular weight excluding hydrogens is 676 g/mol. The topological polar surface area (TPSA) is 256 Å². The molecule has 8 atom stereocenters. The van der Waals surface area contributed by atoms with E-state index in [-0.39, 0.29) is 23.7 Å². The number of nitrogen functional groups attached to an aromatic ring is 2. The maximum atomic E-state index is 13.6. The number of nitrogens with two attached hydrogens (primary N) is 2. The Balaban J connectivity index is 1.33. The number of anilines is 2. The highest BCUT2D eigenvalue weighted by Gasteiger charge is 2.41. The number of imidazole rings is 1. The van der Waals surface area contributed by atoms with Crippen LogP contribution in [0.3, 0.4) is 0 Å². The van der Waals surface area contributed by atoms with E-state index in [1.807, 2.05) is 0 Å². The molecule has 6 N–H and O–H groups in total. The fourth-order valence-corrected chi connectivity index (χ4v) is 6.78. The number of hydrogen-bond acceptors (Lipinski definition) is 17. The molecule has 0 spiro atoms. The number of aliphatic hydroxyl groups is 2. The number of thiol groups is 2. The van der Waals surface area contributed by atoms with Crippen LogP contribution in [0.15, 0.2) is 31.2 Å².